The fourth-order valence-electron chi connectivity index (χ4n) is 1.72. The molecule has 3 N–H and O–H groups in total. The third-order valence-corrected chi connectivity index (χ3v) is 5.07. The summed E-state index contributed by atoms with van der Waals surface area (Å²) in [6, 6.07) is 5.60. The number of fused-ring (bicyclic) bond motifs is 1. The van der Waals surface area contributed by atoms with Crippen LogP contribution in [0, 0.1) is 0 Å². The number of hydrogen-bond donors (Lipinski definition) is 2. The van der Waals surface area contributed by atoms with Crippen LogP contribution in [0.2, 0.25) is 0 Å². The molecule has 1 heterocycles. The fraction of sp³-hybridized carbons (Fsp3) is 0.308. The van der Waals surface area contributed by atoms with E-state index in [1.807, 2.05) is 18.2 Å². The van der Waals surface area contributed by atoms with Gasteiger partial charge in [0.05, 0.1) is 22.6 Å². The molecule has 0 aliphatic heterocycles. The van der Waals surface area contributed by atoms with Crippen LogP contribution in [-0.4, -0.2) is 36.2 Å². The third-order valence-electron chi connectivity index (χ3n) is 2.74. The lowest BCUT2D eigenvalue weighted by molar-refractivity contribution is -0.124. The molecule has 0 aliphatic carbocycles. The van der Waals surface area contributed by atoms with Gasteiger partial charge in [0.2, 0.25) is 11.8 Å². The highest BCUT2D eigenvalue weighted by molar-refractivity contribution is 8.02. The molecule has 8 heteroatoms. The summed E-state index contributed by atoms with van der Waals surface area (Å²) in [4.78, 5) is 27.3. The molecule has 0 radical (unpaired) electrons. The molecule has 6 nitrogen and oxygen atoms in total. The minimum atomic E-state index is -0.574. The zero-order valence-electron chi connectivity index (χ0n) is 11.6. The number of rotatable bonds is 6. The van der Waals surface area contributed by atoms with Crippen LogP contribution in [0.25, 0.3) is 10.2 Å². The molecule has 1 aromatic heterocycles. The Morgan fingerprint density at radius 3 is 2.90 bits per heavy atom. The topological polar surface area (TPSA) is 94.3 Å². The number of nitrogens with one attached hydrogen (secondary N) is 1. The Hall–Kier alpha value is -1.80. The van der Waals surface area contributed by atoms with Crippen molar-refractivity contribution in [1.82, 2.24) is 10.3 Å². The van der Waals surface area contributed by atoms with Gasteiger partial charge in [0.15, 0.2) is 4.34 Å². The van der Waals surface area contributed by atoms with E-state index in [1.54, 1.807) is 7.11 Å². The first-order valence-corrected chi connectivity index (χ1v) is 7.84. The van der Waals surface area contributed by atoms with E-state index < -0.39 is 11.2 Å². The Morgan fingerprint density at radius 2 is 2.29 bits per heavy atom. The van der Waals surface area contributed by atoms with Crippen molar-refractivity contribution >= 4 is 45.1 Å². The van der Waals surface area contributed by atoms with Gasteiger partial charge in [-0.3, -0.25) is 9.59 Å². The lowest BCUT2D eigenvalue weighted by atomic mass is 10.3. The van der Waals surface area contributed by atoms with E-state index in [9.17, 15) is 9.59 Å². The SMILES string of the molecule is CNC(=O)C(CC(N)=O)Sc1nc2cc(OC)ccc2s1. The molecule has 112 valence electrons. The summed E-state index contributed by atoms with van der Waals surface area (Å²) >= 11 is 2.71. The van der Waals surface area contributed by atoms with Crippen molar-refractivity contribution in [3.63, 3.8) is 0 Å². The monoisotopic (exact) mass is 325 g/mol. The molecule has 1 atom stereocenters. The van der Waals surface area contributed by atoms with Crippen LogP contribution in [0.15, 0.2) is 22.5 Å². The molecule has 2 aromatic rings. The van der Waals surface area contributed by atoms with Crippen LogP contribution in [0.5, 0.6) is 5.75 Å². The van der Waals surface area contributed by atoms with E-state index >= 15 is 0 Å². The Labute approximate surface area is 130 Å². The van der Waals surface area contributed by atoms with Crippen molar-refractivity contribution in [2.75, 3.05) is 14.2 Å². The third kappa shape index (κ3) is 3.85. The summed E-state index contributed by atoms with van der Waals surface area (Å²) in [5.41, 5.74) is 5.99. The molecule has 0 fully saturated rings. The zero-order valence-corrected chi connectivity index (χ0v) is 13.2. The van der Waals surface area contributed by atoms with Gasteiger partial charge in [-0.15, -0.1) is 11.3 Å². The first-order chi connectivity index (χ1) is 10.0. The van der Waals surface area contributed by atoms with E-state index in [-0.39, 0.29) is 12.3 Å². The average molecular weight is 325 g/mol. The molecule has 0 spiro atoms. The van der Waals surface area contributed by atoms with Gasteiger partial charge in [-0.25, -0.2) is 4.98 Å². The van der Waals surface area contributed by atoms with Gasteiger partial charge in [0.1, 0.15) is 5.75 Å². The molecular weight excluding hydrogens is 310 g/mol. The van der Waals surface area contributed by atoms with Gasteiger partial charge in [0, 0.05) is 19.5 Å². The number of hydrogen-bond acceptors (Lipinski definition) is 6. The van der Waals surface area contributed by atoms with Crippen molar-refractivity contribution in [3.8, 4) is 5.75 Å². The number of nitrogens with zero attached hydrogens (tertiary/aromatic N) is 1. The summed E-state index contributed by atoms with van der Waals surface area (Å²) < 4.78 is 6.86. The lowest BCUT2D eigenvalue weighted by Gasteiger charge is -2.10. The number of ether oxygens (including phenoxy) is 1. The van der Waals surface area contributed by atoms with Gasteiger partial charge in [-0.2, -0.15) is 0 Å². The lowest BCUT2D eigenvalue weighted by Crippen LogP contribution is -2.33. The van der Waals surface area contributed by atoms with Crippen LogP contribution in [-0.2, 0) is 9.59 Å². The number of nitrogens with two attached hydrogens (primary N) is 1. The highest BCUT2D eigenvalue weighted by atomic mass is 32.2. The number of carbonyl (C=O) groups excluding carboxylic acids is 2. The minimum Gasteiger partial charge on any atom is -0.497 e. The summed E-state index contributed by atoms with van der Waals surface area (Å²) in [7, 11) is 3.12. The number of methoxy groups -OCH3 is 1. The van der Waals surface area contributed by atoms with E-state index in [0.29, 0.717) is 4.34 Å². The van der Waals surface area contributed by atoms with Crippen molar-refractivity contribution in [2.45, 2.75) is 16.0 Å². The average Bonchev–Trinajstić information content (AvgIpc) is 2.86. The van der Waals surface area contributed by atoms with Crippen molar-refractivity contribution in [1.29, 1.82) is 0 Å². The van der Waals surface area contributed by atoms with Gasteiger partial charge in [-0.05, 0) is 12.1 Å². The molecule has 0 saturated heterocycles. The molecule has 1 aromatic carbocycles. The minimum absolute atomic E-state index is 0.0242. The van der Waals surface area contributed by atoms with Crippen molar-refractivity contribution in [2.24, 2.45) is 5.73 Å². The second-order valence-corrected chi connectivity index (χ2v) is 6.69. The second-order valence-electron chi connectivity index (χ2n) is 4.20. The molecule has 2 amide bonds. The molecule has 2 rings (SSSR count). The van der Waals surface area contributed by atoms with Gasteiger partial charge < -0.3 is 15.8 Å². The summed E-state index contributed by atoms with van der Waals surface area (Å²) in [6.07, 6.45) is -0.0242. The first-order valence-electron chi connectivity index (χ1n) is 6.14. The summed E-state index contributed by atoms with van der Waals surface area (Å²) in [6.45, 7) is 0. The molecule has 0 saturated carbocycles. The van der Waals surface area contributed by atoms with Gasteiger partial charge in [0.25, 0.3) is 0 Å². The van der Waals surface area contributed by atoms with Gasteiger partial charge >= 0.3 is 0 Å². The molecule has 1 unspecified atom stereocenters. The quantitative estimate of drug-likeness (QED) is 0.783. The molecule has 0 bridgehead atoms. The van der Waals surface area contributed by atoms with E-state index in [0.717, 1.165) is 16.0 Å². The summed E-state index contributed by atoms with van der Waals surface area (Å²) in [5.74, 6) is -0.0288. The smallest absolute Gasteiger partial charge is 0.233 e. The molecule has 21 heavy (non-hydrogen) atoms. The predicted molar refractivity (Wildman–Crippen MR) is 83.7 cm³/mol. The maximum atomic E-state index is 11.8. The number of thiazole rings is 1. The van der Waals surface area contributed by atoms with Crippen molar-refractivity contribution < 1.29 is 14.3 Å². The highest BCUT2D eigenvalue weighted by Crippen LogP contribution is 2.34. The number of thioether (sulfide) groups is 1. The van der Waals surface area contributed by atoms with E-state index in [2.05, 4.69) is 10.3 Å². The Balaban J connectivity index is 2.23. The normalized spacial score (nSPS) is 12.1. The maximum Gasteiger partial charge on any atom is 0.233 e. The van der Waals surface area contributed by atoms with Crippen LogP contribution in [0.1, 0.15) is 6.42 Å². The first kappa shape index (κ1) is 15.6. The van der Waals surface area contributed by atoms with E-state index in [4.69, 9.17) is 10.5 Å². The Morgan fingerprint density at radius 1 is 1.52 bits per heavy atom. The van der Waals surface area contributed by atoms with Crippen LogP contribution in [0.4, 0.5) is 0 Å². The van der Waals surface area contributed by atoms with Crippen molar-refractivity contribution in [3.05, 3.63) is 18.2 Å². The standard InChI is InChI=1S/C13H15N3O3S2/c1-15-12(18)10(6-11(14)17)21-13-16-8-5-7(19-2)3-4-9(8)20-13/h3-5,10H,6H2,1-2H3,(H2,14,17)(H,15,18). The van der Waals surface area contributed by atoms with E-state index in [1.165, 1.54) is 30.1 Å². The number of amides is 2. The number of aromatic nitrogens is 1. The highest BCUT2D eigenvalue weighted by Gasteiger charge is 2.22. The van der Waals surface area contributed by atoms with Crippen LogP contribution in [0.3, 0.4) is 0 Å². The Kier molecular flexibility index (Phi) is 5.03. The molecule has 0 aliphatic rings. The number of benzene rings is 1. The summed E-state index contributed by atoms with van der Waals surface area (Å²) in [5, 5.41) is 1.96. The van der Waals surface area contributed by atoms with Crippen LogP contribution >= 0.6 is 23.1 Å². The van der Waals surface area contributed by atoms with Gasteiger partial charge in [-0.1, -0.05) is 11.8 Å². The molecular formula is C13H15N3O3S2. The number of primary amides is 1. The fourth-order valence-corrected chi connectivity index (χ4v) is 4.07. The predicted octanol–water partition coefficient (Wildman–Crippen LogP) is 1.39. The van der Waals surface area contributed by atoms with Crippen LogP contribution < -0.4 is 15.8 Å². The zero-order chi connectivity index (χ0) is 15.4. The second kappa shape index (κ2) is 6.77. The Bertz CT molecular complexity index is 672. The largest absolute Gasteiger partial charge is 0.497 e. The maximum absolute atomic E-state index is 11.8. The number of carbonyl (C=O) groups is 2.